The smallest absolute Gasteiger partial charge is 0.243 e. The summed E-state index contributed by atoms with van der Waals surface area (Å²) in [6.07, 6.45) is 1.20. The first-order chi connectivity index (χ1) is 4.12. The van der Waals surface area contributed by atoms with Gasteiger partial charge in [-0.3, -0.25) is 0 Å². The van der Waals surface area contributed by atoms with Crippen molar-refractivity contribution in [3.8, 4) is 0 Å². The summed E-state index contributed by atoms with van der Waals surface area (Å²) in [5, 5.41) is 0. The molecule has 0 spiro atoms. The Morgan fingerprint density at radius 2 is 2.22 bits per heavy atom. The van der Waals surface area contributed by atoms with E-state index in [2.05, 4.69) is 15.0 Å². The predicted octanol–water partition coefficient (Wildman–Crippen LogP) is -0.566. The van der Waals surface area contributed by atoms with Gasteiger partial charge < -0.3 is 0 Å². The van der Waals surface area contributed by atoms with Crippen LogP contribution in [0.25, 0.3) is 0 Å². The lowest BCUT2D eigenvalue weighted by Gasteiger charge is -1.93. The summed E-state index contributed by atoms with van der Waals surface area (Å²) in [5.41, 5.74) is 0. The molecule has 0 fully saturated rings. The molecule has 0 N–H and O–H groups in total. The molecule has 0 aliphatic carbocycles. The van der Waals surface area contributed by atoms with Gasteiger partial charge in [0.2, 0.25) is 0 Å². The van der Waals surface area contributed by atoms with Crippen LogP contribution in [-0.2, 0) is 18.9 Å². The van der Waals surface area contributed by atoms with E-state index in [9.17, 15) is 8.42 Å². The SMILES string of the molecule is C=CCOS(=O)(=O)O[N]. The van der Waals surface area contributed by atoms with Gasteiger partial charge in [0.1, 0.15) is 0 Å². The van der Waals surface area contributed by atoms with Crippen molar-refractivity contribution in [2.75, 3.05) is 6.61 Å². The van der Waals surface area contributed by atoms with Crippen molar-refractivity contribution in [1.82, 2.24) is 5.90 Å². The topological polar surface area (TPSA) is 74.9 Å². The molecule has 5 nitrogen and oxygen atoms in total. The van der Waals surface area contributed by atoms with E-state index in [0.29, 0.717) is 0 Å². The van der Waals surface area contributed by atoms with E-state index < -0.39 is 10.4 Å². The highest BCUT2D eigenvalue weighted by atomic mass is 32.3. The number of hydrogen-bond donors (Lipinski definition) is 0. The van der Waals surface area contributed by atoms with Gasteiger partial charge in [-0.05, 0) is 0 Å². The molecule has 0 rings (SSSR count). The highest BCUT2D eigenvalue weighted by Gasteiger charge is 2.07. The molecule has 0 bridgehead atoms. The Kier molecular flexibility index (Phi) is 3.40. The Bertz CT molecular complexity index is 172. The second-order valence-electron chi connectivity index (χ2n) is 1.06. The van der Waals surface area contributed by atoms with Crippen molar-refractivity contribution in [1.29, 1.82) is 0 Å². The Morgan fingerprint density at radius 1 is 1.67 bits per heavy atom. The molecule has 0 aliphatic heterocycles. The zero-order valence-electron chi connectivity index (χ0n) is 4.48. The van der Waals surface area contributed by atoms with Crippen molar-refractivity contribution in [3.63, 3.8) is 0 Å². The molecule has 0 heterocycles. The standard InChI is InChI=1S/C3H5NO4S/c1-2-3-7-9(5,6)8-4/h2H,1,3H2. The first kappa shape index (κ1) is 8.57. The molecule has 2 radical (unpaired) electrons. The third-order valence-corrected chi connectivity index (χ3v) is 1.03. The lowest BCUT2D eigenvalue weighted by Crippen LogP contribution is -2.08. The number of hydrogen-bond acceptors (Lipinski definition) is 4. The van der Waals surface area contributed by atoms with Gasteiger partial charge in [-0.15, -0.1) is 10.9 Å². The van der Waals surface area contributed by atoms with Gasteiger partial charge in [0, 0.05) is 0 Å². The van der Waals surface area contributed by atoms with Crippen LogP contribution in [0.4, 0.5) is 0 Å². The summed E-state index contributed by atoms with van der Waals surface area (Å²) in [5.74, 6) is 7.57. The Morgan fingerprint density at radius 3 is 2.56 bits per heavy atom. The predicted molar refractivity (Wildman–Crippen MR) is 28.3 cm³/mol. The summed E-state index contributed by atoms with van der Waals surface area (Å²) in [6, 6.07) is 0. The molecule has 9 heavy (non-hydrogen) atoms. The Labute approximate surface area is 53.3 Å². The average molecular weight is 151 g/mol. The first-order valence-corrected chi connectivity index (χ1v) is 3.29. The van der Waals surface area contributed by atoms with Crippen molar-refractivity contribution in [2.24, 2.45) is 0 Å². The molecule has 0 saturated heterocycles. The van der Waals surface area contributed by atoms with Gasteiger partial charge in [0.05, 0.1) is 12.5 Å². The van der Waals surface area contributed by atoms with E-state index in [4.69, 9.17) is 5.90 Å². The van der Waals surface area contributed by atoms with Gasteiger partial charge in [-0.1, -0.05) is 6.08 Å². The van der Waals surface area contributed by atoms with E-state index in [-0.39, 0.29) is 6.61 Å². The van der Waals surface area contributed by atoms with Gasteiger partial charge in [0.25, 0.3) is 0 Å². The fraction of sp³-hybridized carbons (Fsp3) is 0.333. The fourth-order valence-electron chi connectivity index (χ4n) is 0.153. The van der Waals surface area contributed by atoms with Crippen molar-refractivity contribution < 1.29 is 16.9 Å². The molecule has 52 valence electrons. The zero-order valence-corrected chi connectivity index (χ0v) is 5.30. The maximum atomic E-state index is 10.0. The maximum Gasteiger partial charge on any atom is 0.419 e. The molecule has 0 aromatic carbocycles. The van der Waals surface area contributed by atoms with Gasteiger partial charge in [-0.25, -0.2) is 4.18 Å². The van der Waals surface area contributed by atoms with E-state index >= 15 is 0 Å². The average Bonchev–Trinajstić information content (AvgIpc) is 1.84. The normalized spacial score (nSPS) is 11.2. The lowest BCUT2D eigenvalue weighted by atomic mass is 10.7. The maximum absolute atomic E-state index is 10.0. The first-order valence-electron chi connectivity index (χ1n) is 1.95. The highest BCUT2D eigenvalue weighted by molar-refractivity contribution is 7.81. The van der Waals surface area contributed by atoms with E-state index in [1.165, 1.54) is 6.08 Å². The lowest BCUT2D eigenvalue weighted by molar-refractivity contribution is 0.222. The van der Waals surface area contributed by atoms with Crippen LogP contribution in [0.5, 0.6) is 0 Å². The largest absolute Gasteiger partial charge is 0.419 e. The van der Waals surface area contributed by atoms with E-state index in [1.807, 2.05) is 0 Å². The monoisotopic (exact) mass is 151 g/mol. The highest BCUT2D eigenvalue weighted by Crippen LogP contribution is 1.90. The second-order valence-corrected chi connectivity index (χ2v) is 2.26. The second kappa shape index (κ2) is 3.57. The number of rotatable bonds is 4. The molecule has 0 aromatic heterocycles. The minimum atomic E-state index is -4.20. The summed E-state index contributed by atoms with van der Waals surface area (Å²) >= 11 is 0. The molecule has 6 heteroatoms. The molecular formula is C3H5NO4S. The Hall–Kier alpha value is -0.430. The van der Waals surface area contributed by atoms with Crippen LogP contribution in [-0.4, -0.2) is 15.0 Å². The van der Waals surface area contributed by atoms with Gasteiger partial charge >= 0.3 is 10.4 Å². The molecule has 0 atom stereocenters. The molecule has 0 aliphatic rings. The van der Waals surface area contributed by atoms with Crippen LogP contribution in [0.2, 0.25) is 0 Å². The molecular weight excluding hydrogens is 146 g/mol. The third-order valence-electron chi connectivity index (χ3n) is 0.422. The van der Waals surface area contributed by atoms with Crippen LogP contribution in [0.1, 0.15) is 0 Å². The molecule has 0 amide bonds. The van der Waals surface area contributed by atoms with Crippen LogP contribution in [0.3, 0.4) is 0 Å². The summed E-state index contributed by atoms with van der Waals surface area (Å²) in [7, 11) is -4.20. The van der Waals surface area contributed by atoms with Crippen molar-refractivity contribution in [3.05, 3.63) is 12.7 Å². The molecule has 0 unspecified atom stereocenters. The van der Waals surface area contributed by atoms with Crippen LogP contribution in [0, 0.1) is 0 Å². The van der Waals surface area contributed by atoms with Crippen molar-refractivity contribution in [2.45, 2.75) is 0 Å². The molecule has 0 saturated carbocycles. The van der Waals surface area contributed by atoms with Gasteiger partial charge in [-0.2, -0.15) is 8.42 Å². The Balaban J connectivity index is 3.74. The summed E-state index contributed by atoms with van der Waals surface area (Å²) < 4.78 is 26.9. The van der Waals surface area contributed by atoms with E-state index in [1.54, 1.807) is 0 Å². The summed E-state index contributed by atoms with van der Waals surface area (Å²) in [6.45, 7) is 2.95. The fourth-order valence-corrected chi connectivity index (χ4v) is 0.459. The minimum absolute atomic E-state index is 0.219. The van der Waals surface area contributed by atoms with Gasteiger partial charge in [0.15, 0.2) is 0 Å². The quantitative estimate of drug-likeness (QED) is 0.398. The molecule has 0 aromatic rings. The minimum Gasteiger partial charge on any atom is -0.243 e. The third kappa shape index (κ3) is 4.10. The number of nitrogens with zero attached hydrogens (tertiary/aromatic N) is 1. The summed E-state index contributed by atoms with van der Waals surface area (Å²) in [4.78, 5) is 0. The van der Waals surface area contributed by atoms with Crippen molar-refractivity contribution >= 4 is 10.4 Å². The van der Waals surface area contributed by atoms with Crippen LogP contribution in [0.15, 0.2) is 12.7 Å². The van der Waals surface area contributed by atoms with Crippen LogP contribution >= 0.6 is 0 Å². The van der Waals surface area contributed by atoms with Crippen LogP contribution < -0.4 is 5.90 Å². The van der Waals surface area contributed by atoms with E-state index in [0.717, 1.165) is 0 Å². The zero-order chi connectivity index (χ0) is 7.33.